The Morgan fingerprint density at radius 2 is 1.47 bits per heavy atom. The fraction of sp³-hybridized carbons (Fsp3) is 0.405. The van der Waals surface area contributed by atoms with Crippen molar-refractivity contribution in [2.75, 3.05) is 7.11 Å². The van der Waals surface area contributed by atoms with Gasteiger partial charge >= 0.3 is 0 Å². The van der Waals surface area contributed by atoms with Crippen LogP contribution in [0.3, 0.4) is 0 Å². The van der Waals surface area contributed by atoms with Crippen LogP contribution in [0.5, 0.6) is 28.7 Å². The molecule has 0 radical (unpaired) electrons. The van der Waals surface area contributed by atoms with Gasteiger partial charge in [-0.3, -0.25) is 4.79 Å². The molecule has 0 amide bonds. The van der Waals surface area contributed by atoms with Crippen molar-refractivity contribution in [1.82, 2.24) is 0 Å². The number of allylic oxidation sites excluding steroid dienone is 6. The van der Waals surface area contributed by atoms with E-state index in [-0.39, 0.29) is 51.6 Å². The van der Waals surface area contributed by atoms with Crippen LogP contribution in [0, 0.1) is 0 Å². The first-order chi connectivity index (χ1) is 21.7. The second-order valence-electron chi connectivity index (χ2n) is 10.8. The number of carbonyl (C=O) groups excluding carboxylic acids is 1. The van der Waals surface area contributed by atoms with E-state index in [1.807, 2.05) is 0 Å². The van der Waals surface area contributed by atoms with E-state index in [2.05, 4.69) is 43.4 Å². The van der Waals surface area contributed by atoms with E-state index < -0.39 is 5.43 Å². The molecule has 0 aliphatic heterocycles. The molecule has 8 nitrogen and oxygen atoms in total. The minimum absolute atomic E-state index is 0.0568. The topological polar surface area (TPSA) is 126 Å². The molecule has 0 saturated carbocycles. The van der Waals surface area contributed by atoms with Crippen LogP contribution in [0.1, 0.15) is 85.0 Å². The number of aldehydes is 1. The normalized spacial score (nSPS) is 11.5. The number of ether oxygens (including phenoxy) is 2. The molecule has 0 atom stereocenters. The molecule has 3 aromatic rings. The second-order valence-corrected chi connectivity index (χ2v) is 10.8. The van der Waals surface area contributed by atoms with Gasteiger partial charge in [-0.15, -0.1) is 0 Å². The van der Waals surface area contributed by atoms with Gasteiger partial charge in [0, 0.05) is 24.1 Å². The lowest BCUT2D eigenvalue weighted by Crippen LogP contribution is -2.12. The first-order valence-corrected chi connectivity index (χ1v) is 15.7. The van der Waals surface area contributed by atoms with Crippen LogP contribution in [0.2, 0.25) is 0 Å². The molecule has 3 N–H and O–H groups in total. The average Bonchev–Trinajstić information content (AvgIpc) is 3.00. The van der Waals surface area contributed by atoms with Crippen LogP contribution < -0.4 is 14.9 Å². The zero-order chi connectivity index (χ0) is 33.0. The molecule has 3 rings (SSSR count). The van der Waals surface area contributed by atoms with Crippen LogP contribution in [0.15, 0.2) is 76.0 Å². The zero-order valence-electron chi connectivity index (χ0n) is 27.0. The third kappa shape index (κ3) is 12.6. The van der Waals surface area contributed by atoms with Gasteiger partial charge in [0.2, 0.25) is 11.2 Å². The van der Waals surface area contributed by atoms with E-state index in [0.29, 0.717) is 5.56 Å². The van der Waals surface area contributed by atoms with Crippen molar-refractivity contribution in [2.24, 2.45) is 0 Å². The quantitative estimate of drug-likeness (QED) is 0.0590. The lowest BCUT2D eigenvalue weighted by Gasteiger charge is -2.14. The Morgan fingerprint density at radius 3 is 2.09 bits per heavy atom. The van der Waals surface area contributed by atoms with E-state index in [4.69, 9.17) is 13.9 Å². The van der Waals surface area contributed by atoms with Gasteiger partial charge in [-0.05, 0) is 70.6 Å². The smallest absolute Gasteiger partial charge is 0.239 e. The molecule has 244 valence electrons. The number of rotatable bonds is 17. The lowest BCUT2D eigenvalue weighted by molar-refractivity contribution is -0.107. The standard InChI is InChI=1S/C19H18O7.C18H30O/c1-9(2)25-14-7-11(20)8-15-16(14)17(23)19(24-3)18(26-15)10-4-5-12(21)13(22)6-10;1-2-3-4-5-6-7-8-9-10-11-12-13-14-15-16-17-18-19/h4-9,20-22H,1-3H3;3-4,6-7,9-10,18H,2,5,8,11-17H2,1H3/b;4-3-,7-6-,10-9-. The number of hydrogen-bond donors (Lipinski definition) is 3. The van der Waals surface area contributed by atoms with Crippen molar-refractivity contribution >= 4 is 17.3 Å². The Balaban J connectivity index is 0.000000332. The number of benzene rings is 2. The summed E-state index contributed by atoms with van der Waals surface area (Å²) in [7, 11) is 1.32. The summed E-state index contributed by atoms with van der Waals surface area (Å²) < 4.78 is 16.6. The summed E-state index contributed by atoms with van der Waals surface area (Å²) in [5.41, 5.74) is -0.0493. The second kappa shape index (κ2) is 20.5. The van der Waals surface area contributed by atoms with Gasteiger partial charge < -0.3 is 34.0 Å². The van der Waals surface area contributed by atoms with Gasteiger partial charge in [-0.1, -0.05) is 62.6 Å². The number of hydrogen-bond acceptors (Lipinski definition) is 8. The molecule has 8 heteroatoms. The predicted octanol–water partition coefficient (Wildman–Crippen LogP) is 9.15. The van der Waals surface area contributed by atoms with E-state index in [0.717, 1.165) is 38.4 Å². The molecule has 1 aromatic heterocycles. The number of carbonyl (C=O) groups is 1. The summed E-state index contributed by atoms with van der Waals surface area (Å²) in [6.45, 7) is 5.75. The van der Waals surface area contributed by atoms with Crippen LogP contribution in [-0.2, 0) is 4.79 Å². The highest BCUT2D eigenvalue weighted by molar-refractivity contribution is 5.88. The van der Waals surface area contributed by atoms with Crippen molar-refractivity contribution in [3.05, 3.63) is 77.0 Å². The van der Waals surface area contributed by atoms with Crippen molar-refractivity contribution in [1.29, 1.82) is 0 Å². The van der Waals surface area contributed by atoms with Crippen LogP contribution in [0.25, 0.3) is 22.3 Å². The first-order valence-electron chi connectivity index (χ1n) is 15.7. The summed E-state index contributed by atoms with van der Waals surface area (Å²) in [5, 5.41) is 29.3. The van der Waals surface area contributed by atoms with Gasteiger partial charge in [0.1, 0.15) is 28.8 Å². The van der Waals surface area contributed by atoms with Gasteiger partial charge in [0.05, 0.1) is 13.2 Å². The Kier molecular flexibility index (Phi) is 16.7. The largest absolute Gasteiger partial charge is 0.508 e. The van der Waals surface area contributed by atoms with Gasteiger partial charge in [0.25, 0.3) is 0 Å². The number of methoxy groups -OCH3 is 1. The van der Waals surface area contributed by atoms with Crippen molar-refractivity contribution in [2.45, 2.75) is 91.1 Å². The summed E-state index contributed by atoms with van der Waals surface area (Å²) in [6, 6.07) is 6.62. The van der Waals surface area contributed by atoms with E-state index in [1.165, 1.54) is 69.5 Å². The summed E-state index contributed by atoms with van der Waals surface area (Å²) in [5.74, 6) is -0.639. The third-order valence-corrected chi connectivity index (χ3v) is 6.68. The number of fused-ring (bicyclic) bond motifs is 1. The van der Waals surface area contributed by atoms with E-state index >= 15 is 0 Å². The average molecular weight is 621 g/mol. The number of aromatic hydroxyl groups is 3. The fourth-order valence-corrected chi connectivity index (χ4v) is 4.49. The van der Waals surface area contributed by atoms with Crippen LogP contribution in [0.4, 0.5) is 0 Å². The Morgan fingerprint density at radius 1 is 0.822 bits per heavy atom. The van der Waals surface area contributed by atoms with Crippen molar-refractivity contribution in [3.63, 3.8) is 0 Å². The van der Waals surface area contributed by atoms with Crippen molar-refractivity contribution < 1.29 is 34.0 Å². The molecule has 0 spiro atoms. The minimum atomic E-state index is -0.480. The molecule has 0 bridgehead atoms. The highest BCUT2D eigenvalue weighted by Crippen LogP contribution is 2.38. The molecule has 45 heavy (non-hydrogen) atoms. The molecule has 0 unspecified atom stereocenters. The SMILES string of the molecule is CC/C=C\C/C=C\C/C=C\CCCCCCCC=O.COc1c(-c2ccc(O)c(O)c2)oc2cc(O)cc(OC(C)C)c2c1=O. The molecule has 0 aliphatic carbocycles. The first kappa shape index (κ1) is 36.7. The van der Waals surface area contributed by atoms with Crippen LogP contribution >= 0.6 is 0 Å². The Hall–Kier alpha value is -4.46. The molecular weight excluding hydrogens is 572 g/mol. The molecule has 2 aromatic carbocycles. The fourth-order valence-electron chi connectivity index (χ4n) is 4.49. The summed E-state index contributed by atoms with van der Waals surface area (Å²) in [6.07, 6.45) is 25.5. The van der Waals surface area contributed by atoms with Gasteiger partial charge in [-0.2, -0.15) is 0 Å². The molecule has 0 saturated heterocycles. The number of phenols is 3. The summed E-state index contributed by atoms with van der Waals surface area (Å²) >= 11 is 0. The zero-order valence-corrected chi connectivity index (χ0v) is 27.0. The molecule has 1 heterocycles. The number of unbranched alkanes of at least 4 members (excludes halogenated alkanes) is 6. The maximum absolute atomic E-state index is 13.0. The monoisotopic (exact) mass is 620 g/mol. The molecule has 0 aliphatic rings. The van der Waals surface area contributed by atoms with Crippen LogP contribution in [-0.4, -0.2) is 34.8 Å². The predicted molar refractivity (Wildman–Crippen MR) is 181 cm³/mol. The maximum Gasteiger partial charge on any atom is 0.239 e. The van der Waals surface area contributed by atoms with Gasteiger partial charge in [0.15, 0.2) is 17.3 Å². The number of phenolic OH excluding ortho intramolecular Hbond substituents is 3. The minimum Gasteiger partial charge on any atom is -0.508 e. The maximum atomic E-state index is 13.0. The summed E-state index contributed by atoms with van der Waals surface area (Å²) in [4.78, 5) is 23.1. The third-order valence-electron chi connectivity index (χ3n) is 6.68. The van der Waals surface area contributed by atoms with Gasteiger partial charge in [-0.25, -0.2) is 0 Å². The van der Waals surface area contributed by atoms with E-state index in [1.54, 1.807) is 13.8 Å². The molecule has 0 fully saturated rings. The Labute approximate surface area is 266 Å². The lowest BCUT2D eigenvalue weighted by atomic mass is 10.1. The molecular formula is C37H48O8. The highest BCUT2D eigenvalue weighted by atomic mass is 16.5. The van der Waals surface area contributed by atoms with Crippen molar-refractivity contribution in [3.8, 4) is 40.1 Å². The highest BCUT2D eigenvalue weighted by Gasteiger charge is 2.22. The Bertz CT molecular complexity index is 1480. The van der Waals surface area contributed by atoms with E-state index in [9.17, 15) is 24.9 Å².